The second-order valence-electron chi connectivity index (χ2n) is 6.86. The SMILES string of the molecule is C/C(=N/NC(=O)Cc1ccc(Cl)cc1)c1ccc(C(C)(C)C)cc1. The summed E-state index contributed by atoms with van der Waals surface area (Å²) in [7, 11) is 0. The lowest BCUT2D eigenvalue weighted by molar-refractivity contribution is -0.120. The van der Waals surface area contributed by atoms with E-state index in [1.54, 1.807) is 12.1 Å². The van der Waals surface area contributed by atoms with Crippen molar-refractivity contribution in [3.05, 3.63) is 70.2 Å². The van der Waals surface area contributed by atoms with Crippen LogP contribution in [0.5, 0.6) is 0 Å². The number of hydrazone groups is 1. The zero-order chi connectivity index (χ0) is 17.7. The van der Waals surface area contributed by atoms with E-state index in [1.807, 2.05) is 31.2 Å². The molecule has 0 radical (unpaired) electrons. The summed E-state index contributed by atoms with van der Waals surface area (Å²) in [6.45, 7) is 8.43. The van der Waals surface area contributed by atoms with Gasteiger partial charge in [0.05, 0.1) is 12.1 Å². The van der Waals surface area contributed by atoms with Crippen LogP contribution in [-0.4, -0.2) is 11.6 Å². The van der Waals surface area contributed by atoms with Crippen molar-refractivity contribution in [3.8, 4) is 0 Å². The van der Waals surface area contributed by atoms with Crippen molar-refractivity contribution in [1.29, 1.82) is 0 Å². The molecule has 2 rings (SSSR count). The fourth-order valence-electron chi connectivity index (χ4n) is 2.25. The molecule has 2 aromatic rings. The summed E-state index contributed by atoms with van der Waals surface area (Å²) in [4.78, 5) is 12.0. The quantitative estimate of drug-likeness (QED) is 0.634. The smallest absolute Gasteiger partial charge is 0.244 e. The van der Waals surface area contributed by atoms with Gasteiger partial charge < -0.3 is 0 Å². The summed E-state index contributed by atoms with van der Waals surface area (Å²) in [5, 5.41) is 4.85. The highest BCUT2D eigenvalue weighted by Gasteiger charge is 2.13. The minimum atomic E-state index is -0.150. The Labute approximate surface area is 148 Å². The van der Waals surface area contributed by atoms with Gasteiger partial charge in [-0.25, -0.2) is 5.43 Å². The number of amides is 1. The summed E-state index contributed by atoms with van der Waals surface area (Å²) < 4.78 is 0. The van der Waals surface area contributed by atoms with Crippen LogP contribution in [0.3, 0.4) is 0 Å². The third-order valence-corrected chi connectivity index (χ3v) is 4.05. The molecule has 0 bridgehead atoms. The number of rotatable bonds is 4. The van der Waals surface area contributed by atoms with Crippen molar-refractivity contribution >= 4 is 23.2 Å². The van der Waals surface area contributed by atoms with Crippen LogP contribution in [-0.2, 0) is 16.6 Å². The van der Waals surface area contributed by atoms with Gasteiger partial charge in [0.1, 0.15) is 0 Å². The Bertz CT molecular complexity index is 726. The predicted octanol–water partition coefficient (Wildman–Crippen LogP) is 4.72. The number of benzene rings is 2. The molecule has 0 fully saturated rings. The highest BCUT2D eigenvalue weighted by atomic mass is 35.5. The molecule has 0 aromatic heterocycles. The number of hydrogen-bond acceptors (Lipinski definition) is 2. The van der Waals surface area contributed by atoms with E-state index in [9.17, 15) is 4.79 Å². The van der Waals surface area contributed by atoms with Crippen molar-refractivity contribution in [1.82, 2.24) is 5.43 Å². The number of halogens is 1. The van der Waals surface area contributed by atoms with Gasteiger partial charge in [0.2, 0.25) is 5.91 Å². The van der Waals surface area contributed by atoms with Crippen LogP contribution >= 0.6 is 11.6 Å². The van der Waals surface area contributed by atoms with Gasteiger partial charge in [-0.05, 0) is 41.2 Å². The Morgan fingerprint density at radius 1 is 1.04 bits per heavy atom. The first kappa shape index (κ1) is 18.2. The van der Waals surface area contributed by atoms with Crippen molar-refractivity contribution in [3.63, 3.8) is 0 Å². The van der Waals surface area contributed by atoms with Crippen molar-refractivity contribution < 1.29 is 4.79 Å². The molecule has 2 aromatic carbocycles. The Morgan fingerprint density at radius 2 is 1.62 bits per heavy atom. The van der Waals surface area contributed by atoms with Gasteiger partial charge in [-0.3, -0.25) is 4.79 Å². The van der Waals surface area contributed by atoms with Gasteiger partial charge in [-0.2, -0.15) is 5.10 Å². The zero-order valence-electron chi connectivity index (χ0n) is 14.6. The minimum absolute atomic E-state index is 0.121. The maximum Gasteiger partial charge on any atom is 0.244 e. The summed E-state index contributed by atoms with van der Waals surface area (Å²) in [5.41, 5.74) is 6.67. The molecule has 0 aliphatic rings. The Kier molecular flexibility index (Phi) is 5.79. The van der Waals surface area contributed by atoms with Gasteiger partial charge in [0.25, 0.3) is 0 Å². The second-order valence-corrected chi connectivity index (χ2v) is 7.30. The zero-order valence-corrected chi connectivity index (χ0v) is 15.3. The molecule has 126 valence electrons. The molecule has 0 spiro atoms. The molecule has 0 aliphatic heterocycles. The second kappa shape index (κ2) is 7.63. The van der Waals surface area contributed by atoms with E-state index in [-0.39, 0.29) is 17.7 Å². The van der Waals surface area contributed by atoms with Gasteiger partial charge in [-0.15, -0.1) is 0 Å². The van der Waals surface area contributed by atoms with E-state index < -0.39 is 0 Å². The highest BCUT2D eigenvalue weighted by molar-refractivity contribution is 6.30. The number of carbonyl (C=O) groups is 1. The standard InChI is InChI=1S/C20H23ClN2O/c1-14(16-7-9-17(10-8-16)20(2,3)4)22-23-19(24)13-15-5-11-18(21)12-6-15/h5-12H,13H2,1-4H3,(H,23,24)/b22-14-. The van der Waals surface area contributed by atoms with Crippen molar-refractivity contribution in [2.45, 2.75) is 39.5 Å². The number of carbonyl (C=O) groups excluding carboxylic acids is 1. The normalized spacial score (nSPS) is 12.1. The summed E-state index contributed by atoms with van der Waals surface area (Å²) in [6, 6.07) is 15.5. The van der Waals surface area contributed by atoms with Crippen LogP contribution in [0, 0.1) is 0 Å². The van der Waals surface area contributed by atoms with Crippen LogP contribution in [0.2, 0.25) is 5.02 Å². The first-order valence-corrected chi connectivity index (χ1v) is 8.32. The molecular weight excluding hydrogens is 320 g/mol. The summed E-state index contributed by atoms with van der Waals surface area (Å²) in [6.07, 6.45) is 0.275. The van der Waals surface area contributed by atoms with Gasteiger partial charge in [0.15, 0.2) is 0 Å². The lowest BCUT2D eigenvalue weighted by atomic mass is 9.86. The molecule has 24 heavy (non-hydrogen) atoms. The highest BCUT2D eigenvalue weighted by Crippen LogP contribution is 2.22. The average molecular weight is 343 g/mol. The number of nitrogens with one attached hydrogen (secondary N) is 1. The average Bonchev–Trinajstić information content (AvgIpc) is 2.54. The van der Waals surface area contributed by atoms with E-state index in [2.05, 4.69) is 43.4 Å². The Hall–Kier alpha value is -2.13. The summed E-state index contributed by atoms with van der Waals surface area (Å²) >= 11 is 5.84. The number of hydrogen-bond donors (Lipinski definition) is 1. The van der Waals surface area contributed by atoms with Crippen LogP contribution < -0.4 is 5.43 Å². The van der Waals surface area contributed by atoms with Crippen molar-refractivity contribution in [2.75, 3.05) is 0 Å². The fraction of sp³-hybridized carbons (Fsp3) is 0.300. The maximum atomic E-state index is 12.0. The molecule has 3 nitrogen and oxygen atoms in total. The monoisotopic (exact) mass is 342 g/mol. The topological polar surface area (TPSA) is 41.5 Å². The van der Waals surface area contributed by atoms with Crippen LogP contribution in [0.25, 0.3) is 0 Å². The van der Waals surface area contributed by atoms with E-state index in [0.717, 1.165) is 16.8 Å². The van der Waals surface area contributed by atoms with E-state index in [4.69, 9.17) is 11.6 Å². The maximum absolute atomic E-state index is 12.0. The Balaban J connectivity index is 1.97. The molecule has 0 heterocycles. The summed E-state index contributed by atoms with van der Waals surface area (Å²) in [5.74, 6) is -0.150. The van der Waals surface area contributed by atoms with Crippen molar-refractivity contribution in [2.24, 2.45) is 5.10 Å². The van der Waals surface area contributed by atoms with Crippen LogP contribution in [0.15, 0.2) is 53.6 Å². The number of nitrogens with zero attached hydrogens (tertiary/aromatic N) is 1. The molecule has 1 amide bonds. The minimum Gasteiger partial charge on any atom is -0.273 e. The van der Waals surface area contributed by atoms with Gasteiger partial charge in [-0.1, -0.05) is 68.8 Å². The molecule has 4 heteroatoms. The molecule has 0 atom stereocenters. The molecule has 0 saturated heterocycles. The van der Waals surface area contributed by atoms with Crippen LogP contribution in [0.1, 0.15) is 44.4 Å². The lowest BCUT2D eigenvalue weighted by Crippen LogP contribution is -2.21. The largest absolute Gasteiger partial charge is 0.273 e. The fourth-order valence-corrected chi connectivity index (χ4v) is 2.38. The third kappa shape index (κ3) is 5.20. The molecular formula is C20H23ClN2O. The lowest BCUT2D eigenvalue weighted by Gasteiger charge is -2.19. The predicted molar refractivity (Wildman–Crippen MR) is 101 cm³/mol. The first-order valence-electron chi connectivity index (χ1n) is 7.94. The molecule has 0 aliphatic carbocycles. The van der Waals surface area contributed by atoms with Crippen LogP contribution in [0.4, 0.5) is 0 Å². The van der Waals surface area contributed by atoms with E-state index in [1.165, 1.54) is 5.56 Å². The molecule has 0 saturated carbocycles. The first-order chi connectivity index (χ1) is 11.3. The van der Waals surface area contributed by atoms with E-state index >= 15 is 0 Å². The third-order valence-electron chi connectivity index (χ3n) is 3.79. The van der Waals surface area contributed by atoms with Gasteiger partial charge >= 0.3 is 0 Å². The molecule has 0 unspecified atom stereocenters. The van der Waals surface area contributed by atoms with E-state index in [0.29, 0.717) is 5.02 Å². The Morgan fingerprint density at radius 3 is 2.17 bits per heavy atom. The molecule has 1 N–H and O–H groups in total. The van der Waals surface area contributed by atoms with Gasteiger partial charge in [0, 0.05) is 5.02 Å².